The normalized spacial score (nSPS) is 25.2. The van der Waals surface area contributed by atoms with Crippen molar-refractivity contribution in [2.24, 2.45) is 0 Å². The Bertz CT molecular complexity index is 802. The Labute approximate surface area is 150 Å². The highest BCUT2D eigenvalue weighted by atomic mass is 16.2. The van der Waals surface area contributed by atoms with Crippen LogP contribution in [0.3, 0.4) is 0 Å². The average Bonchev–Trinajstić information content (AvgIpc) is 2.82. The molecule has 2 saturated heterocycles. The Kier molecular flexibility index (Phi) is 4.29. The van der Waals surface area contributed by atoms with E-state index in [2.05, 4.69) is 16.0 Å². The van der Waals surface area contributed by atoms with Crippen LogP contribution in [0.15, 0.2) is 18.2 Å². The summed E-state index contributed by atoms with van der Waals surface area (Å²) in [6.45, 7) is 2.30. The largest absolute Gasteiger partial charge is 0.313 e. The van der Waals surface area contributed by atoms with Crippen molar-refractivity contribution in [2.45, 2.75) is 37.9 Å². The monoisotopic (exact) mass is 356 g/mol. The standard InChI is InChI=1S/C18H20N4O4/c23-14-5-4-13(16(24)21-14)22-17(25)12-3-1-2-10(15(12)18(22)26)8-19-9-11-6-7-20-11/h1-3,11,13,19-20H,4-9H2,(H,21,23,24). The van der Waals surface area contributed by atoms with Crippen molar-refractivity contribution in [3.8, 4) is 0 Å². The van der Waals surface area contributed by atoms with E-state index in [4.69, 9.17) is 0 Å². The smallest absolute Gasteiger partial charge is 0.262 e. The summed E-state index contributed by atoms with van der Waals surface area (Å²) in [5, 5.41) is 8.81. The lowest BCUT2D eigenvalue weighted by Gasteiger charge is -2.28. The number of piperidine rings is 1. The van der Waals surface area contributed by atoms with Gasteiger partial charge in [0, 0.05) is 25.6 Å². The number of imide groups is 2. The molecule has 3 heterocycles. The van der Waals surface area contributed by atoms with E-state index in [9.17, 15) is 19.2 Å². The van der Waals surface area contributed by atoms with Gasteiger partial charge in [-0.25, -0.2) is 0 Å². The second-order valence-electron chi connectivity index (χ2n) is 6.86. The third-order valence-electron chi connectivity index (χ3n) is 5.19. The van der Waals surface area contributed by atoms with Crippen LogP contribution in [0.25, 0.3) is 0 Å². The summed E-state index contributed by atoms with van der Waals surface area (Å²) in [5.41, 5.74) is 1.42. The van der Waals surface area contributed by atoms with E-state index in [0.29, 0.717) is 23.7 Å². The van der Waals surface area contributed by atoms with Gasteiger partial charge in [-0.2, -0.15) is 0 Å². The van der Waals surface area contributed by atoms with Crippen molar-refractivity contribution in [3.05, 3.63) is 34.9 Å². The zero-order valence-corrected chi connectivity index (χ0v) is 14.2. The first-order valence-electron chi connectivity index (χ1n) is 8.84. The second kappa shape index (κ2) is 6.62. The molecule has 8 nitrogen and oxygen atoms in total. The van der Waals surface area contributed by atoms with Crippen LogP contribution in [0.2, 0.25) is 0 Å². The minimum Gasteiger partial charge on any atom is -0.313 e. The van der Waals surface area contributed by atoms with E-state index in [1.807, 2.05) is 6.07 Å². The molecule has 3 aliphatic rings. The fraction of sp³-hybridized carbons (Fsp3) is 0.444. The molecule has 0 radical (unpaired) electrons. The molecule has 26 heavy (non-hydrogen) atoms. The van der Waals surface area contributed by atoms with Gasteiger partial charge < -0.3 is 10.6 Å². The van der Waals surface area contributed by atoms with E-state index in [1.165, 1.54) is 0 Å². The molecule has 2 atom stereocenters. The van der Waals surface area contributed by atoms with Gasteiger partial charge in [-0.05, 0) is 31.0 Å². The maximum Gasteiger partial charge on any atom is 0.262 e. The van der Waals surface area contributed by atoms with Crippen LogP contribution < -0.4 is 16.0 Å². The van der Waals surface area contributed by atoms with Crippen LogP contribution in [-0.2, 0) is 16.1 Å². The van der Waals surface area contributed by atoms with E-state index < -0.39 is 23.8 Å². The molecule has 0 aliphatic carbocycles. The van der Waals surface area contributed by atoms with E-state index in [1.54, 1.807) is 12.1 Å². The summed E-state index contributed by atoms with van der Waals surface area (Å²) in [6, 6.07) is 4.69. The van der Waals surface area contributed by atoms with Gasteiger partial charge in [-0.1, -0.05) is 12.1 Å². The summed E-state index contributed by atoms with van der Waals surface area (Å²) >= 11 is 0. The molecule has 2 fully saturated rings. The number of fused-ring (bicyclic) bond motifs is 1. The van der Waals surface area contributed by atoms with E-state index in [-0.39, 0.29) is 18.7 Å². The lowest BCUT2D eigenvalue weighted by atomic mass is 10.0. The highest BCUT2D eigenvalue weighted by Crippen LogP contribution is 2.29. The SMILES string of the molecule is O=C1CCC(N2C(=O)c3cccc(CNCC4CCN4)c3C2=O)C(=O)N1. The second-order valence-corrected chi connectivity index (χ2v) is 6.86. The summed E-state index contributed by atoms with van der Waals surface area (Å²) < 4.78 is 0. The minimum absolute atomic E-state index is 0.118. The zero-order valence-electron chi connectivity index (χ0n) is 14.2. The Morgan fingerprint density at radius 3 is 2.62 bits per heavy atom. The molecule has 0 aromatic heterocycles. The lowest BCUT2D eigenvalue weighted by Crippen LogP contribution is -2.54. The summed E-state index contributed by atoms with van der Waals surface area (Å²) in [6.07, 6.45) is 1.41. The topological polar surface area (TPSA) is 108 Å². The highest BCUT2D eigenvalue weighted by Gasteiger charge is 2.45. The maximum absolute atomic E-state index is 12.9. The average molecular weight is 356 g/mol. The molecule has 3 aliphatic heterocycles. The van der Waals surface area contributed by atoms with Crippen LogP contribution in [0.1, 0.15) is 45.5 Å². The van der Waals surface area contributed by atoms with E-state index in [0.717, 1.165) is 30.0 Å². The number of nitrogens with one attached hydrogen (secondary N) is 3. The van der Waals surface area contributed by atoms with Gasteiger partial charge in [0.2, 0.25) is 11.8 Å². The summed E-state index contributed by atoms with van der Waals surface area (Å²) in [5.74, 6) is -1.90. The third kappa shape index (κ3) is 2.81. The fourth-order valence-electron chi connectivity index (χ4n) is 3.64. The first-order valence-corrected chi connectivity index (χ1v) is 8.84. The zero-order chi connectivity index (χ0) is 18.3. The number of carbonyl (C=O) groups is 4. The lowest BCUT2D eigenvalue weighted by molar-refractivity contribution is -0.136. The predicted molar refractivity (Wildman–Crippen MR) is 91.2 cm³/mol. The maximum atomic E-state index is 12.9. The molecule has 3 N–H and O–H groups in total. The van der Waals surface area contributed by atoms with E-state index >= 15 is 0 Å². The Hall–Kier alpha value is -2.58. The summed E-state index contributed by atoms with van der Waals surface area (Å²) in [4.78, 5) is 50.1. The Morgan fingerprint density at radius 1 is 1.12 bits per heavy atom. The third-order valence-corrected chi connectivity index (χ3v) is 5.19. The number of hydrogen-bond donors (Lipinski definition) is 3. The van der Waals surface area contributed by atoms with Crippen LogP contribution >= 0.6 is 0 Å². The Balaban J connectivity index is 1.54. The minimum atomic E-state index is -0.930. The van der Waals surface area contributed by atoms with Gasteiger partial charge in [0.1, 0.15) is 6.04 Å². The number of hydrogen-bond acceptors (Lipinski definition) is 6. The van der Waals surface area contributed by atoms with Gasteiger partial charge >= 0.3 is 0 Å². The molecule has 0 saturated carbocycles. The van der Waals surface area contributed by atoms with Crippen molar-refractivity contribution >= 4 is 23.6 Å². The molecule has 4 amide bonds. The van der Waals surface area contributed by atoms with Gasteiger partial charge in [-0.3, -0.25) is 29.4 Å². The van der Waals surface area contributed by atoms with Crippen molar-refractivity contribution in [3.63, 3.8) is 0 Å². The number of nitrogens with zero attached hydrogens (tertiary/aromatic N) is 1. The number of rotatable bonds is 5. The van der Waals surface area contributed by atoms with Crippen LogP contribution in [0.5, 0.6) is 0 Å². The molecule has 0 bridgehead atoms. The quantitative estimate of drug-likeness (QED) is 0.616. The molecular weight excluding hydrogens is 336 g/mol. The Morgan fingerprint density at radius 2 is 1.92 bits per heavy atom. The molecule has 0 spiro atoms. The van der Waals surface area contributed by atoms with Crippen LogP contribution in [0.4, 0.5) is 0 Å². The highest BCUT2D eigenvalue weighted by molar-refractivity contribution is 6.24. The van der Waals surface area contributed by atoms with Crippen molar-refractivity contribution < 1.29 is 19.2 Å². The van der Waals surface area contributed by atoms with Crippen LogP contribution in [-0.4, -0.2) is 53.7 Å². The van der Waals surface area contributed by atoms with Crippen molar-refractivity contribution in [1.82, 2.24) is 20.9 Å². The number of benzene rings is 1. The molecule has 1 aromatic carbocycles. The summed E-state index contributed by atoms with van der Waals surface area (Å²) in [7, 11) is 0. The molecule has 136 valence electrons. The number of carbonyl (C=O) groups excluding carboxylic acids is 4. The molecule has 4 rings (SSSR count). The first-order chi connectivity index (χ1) is 12.6. The molecule has 1 aromatic rings. The van der Waals surface area contributed by atoms with Crippen molar-refractivity contribution in [2.75, 3.05) is 13.1 Å². The van der Waals surface area contributed by atoms with Gasteiger partial charge in [0.15, 0.2) is 0 Å². The number of amides is 4. The molecule has 8 heteroatoms. The van der Waals surface area contributed by atoms with Crippen molar-refractivity contribution in [1.29, 1.82) is 0 Å². The first kappa shape index (κ1) is 16.9. The van der Waals surface area contributed by atoms with Gasteiger partial charge in [0.05, 0.1) is 11.1 Å². The predicted octanol–water partition coefficient (Wildman–Crippen LogP) is -0.461. The fourth-order valence-corrected chi connectivity index (χ4v) is 3.64. The molecular formula is C18H20N4O4. The molecule has 2 unspecified atom stereocenters. The van der Waals surface area contributed by atoms with Gasteiger partial charge in [0.25, 0.3) is 11.8 Å². The van der Waals surface area contributed by atoms with Gasteiger partial charge in [-0.15, -0.1) is 0 Å². The van der Waals surface area contributed by atoms with Crippen LogP contribution in [0, 0.1) is 0 Å².